The van der Waals surface area contributed by atoms with Gasteiger partial charge in [0.05, 0.1) is 0 Å². The van der Waals surface area contributed by atoms with Crippen LogP contribution in [0.2, 0.25) is 0 Å². The molecule has 4 N–H and O–H groups in total. The number of aliphatic carboxylic acids is 1. The molecule has 1 aromatic carbocycles. The summed E-state index contributed by atoms with van der Waals surface area (Å²) >= 11 is 0. The molecule has 2 heterocycles. The number of ether oxygens (including phenoxy) is 3. The molecule has 1 saturated heterocycles. The monoisotopic (exact) mass is 577 g/mol. The fourth-order valence-corrected chi connectivity index (χ4v) is 3.88. The van der Waals surface area contributed by atoms with Gasteiger partial charge in [-0.1, -0.05) is 12.1 Å². The van der Waals surface area contributed by atoms with Crippen LogP contribution in [-0.4, -0.2) is 112 Å². The van der Waals surface area contributed by atoms with Gasteiger partial charge in [-0.15, -0.1) is 0 Å². The smallest absolute Gasteiger partial charge is 0.409 e. The van der Waals surface area contributed by atoms with Crippen molar-refractivity contribution in [1.29, 1.82) is 0 Å². The number of aliphatic hydroxyl groups is 2. The lowest BCUT2D eigenvalue weighted by Crippen LogP contribution is -2.59. The third-order valence-electron chi connectivity index (χ3n) is 6.16. The topological polar surface area (TPSA) is 209 Å². The average Bonchev–Trinajstić information content (AvgIpc) is 3.24. The number of amides is 4. The second-order valence-corrected chi connectivity index (χ2v) is 9.47. The molecule has 0 unspecified atom stereocenters. The van der Waals surface area contributed by atoms with Crippen LogP contribution in [0.5, 0.6) is 5.75 Å². The van der Waals surface area contributed by atoms with Crippen molar-refractivity contribution in [2.75, 3.05) is 27.2 Å². The van der Waals surface area contributed by atoms with Gasteiger partial charge in [-0.2, -0.15) is 0 Å². The van der Waals surface area contributed by atoms with Crippen molar-refractivity contribution in [3.05, 3.63) is 41.5 Å². The molecule has 3 rings (SSSR count). The third kappa shape index (κ3) is 8.09. The van der Waals surface area contributed by atoms with Gasteiger partial charge in [0.25, 0.3) is 11.8 Å². The zero-order chi connectivity index (χ0) is 30.3. The SMILES string of the molecule is CN(C)C(=O)OCc1ccc(CCCCNC(=O)CN2C(=O)C=CC2=O)cc1O[C@@H]1O[C@H](C(=O)O)[C@@H](O)C(=O)[C@H]1O. The summed E-state index contributed by atoms with van der Waals surface area (Å²) in [5.74, 6) is -4.33. The van der Waals surface area contributed by atoms with E-state index in [0.29, 0.717) is 24.8 Å². The number of carboxylic acids is 1. The van der Waals surface area contributed by atoms with Gasteiger partial charge in [-0.05, 0) is 30.9 Å². The lowest BCUT2D eigenvalue weighted by Gasteiger charge is -2.34. The number of ketones is 1. The van der Waals surface area contributed by atoms with Crippen LogP contribution in [0, 0.1) is 0 Å². The second-order valence-electron chi connectivity index (χ2n) is 9.47. The van der Waals surface area contributed by atoms with Crippen LogP contribution < -0.4 is 10.1 Å². The van der Waals surface area contributed by atoms with Gasteiger partial charge in [0.2, 0.25) is 12.2 Å². The van der Waals surface area contributed by atoms with E-state index in [-0.39, 0.29) is 25.4 Å². The van der Waals surface area contributed by atoms with Gasteiger partial charge in [0.15, 0.2) is 24.1 Å². The van der Waals surface area contributed by atoms with E-state index in [0.717, 1.165) is 22.6 Å². The molecule has 0 radical (unpaired) electrons. The molecule has 2 aliphatic rings. The Labute approximate surface area is 234 Å². The van der Waals surface area contributed by atoms with Crippen LogP contribution in [0.1, 0.15) is 24.0 Å². The fraction of sp³-hybridized carbons (Fsp3) is 0.462. The maximum absolute atomic E-state index is 12.2. The number of nitrogens with one attached hydrogen (secondary N) is 1. The molecule has 15 heteroatoms. The Morgan fingerprint density at radius 1 is 1.05 bits per heavy atom. The number of Topliss-reactive ketones (excluding diaryl/α,β-unsaturated/α-hetero) is 1. The summed E-state index contributed by atoms with van der Waals surface area (Å²) in [6.45, 7) is -0.339. The van der Waals surface area contributed by atoms with Crippen molar-refractivity contribution < 1.29 is 58.3 Å². The Kier molecular flexibility index (Phi) is 10.5. The van der Waals surface area contributed by atoms with E-state index in [4.69, 9.17) is 14.2 Å². The van der Waals surface area contributed by atoms with Crippen molar-refractivity contribution in [2.24, 2.45) is 0 Å². The van der Waals surface area contributed by atoms with Crippen LogP contribution >= 0.6 is 0 Å². The van der Waals surface area contributed by atoms with E-state index in [9.17, 15) is 44.1 Å². The highest BCUT2D eigenvalue weighted by atomic mass is 16.7. The molecular weight excluding hydrogens is 546 g/mol. The predicted molar refractivity (Wildman–Crippen MR) is 136 cm³/mol. The number of carbonyl (C=O) groups is 6. The molecule has 222 valence electrons. The van der Waals surface area contributed by atoms with E-state index in [2.05, 4.69) is 5.32 Å². The normalized spacial score (nSPS) is 22.0. The zero-order valence-electron chi connectivity index (χ0n) is 22.3. The van der Waals surface area contributed by atoms with Crippen molar-refractivity contribution in [3.63, 3.8) is 0 Å². The van der Waals surface area contributed by atoms with Crippen molar-refractivity contribution >= 4 is 35.6 Å². The molecular formula is C26H31N3O12. The average molecular weight is 578 g/mol. The van der Waals surface area contributed by atoms with E-state index in [1.165, 1.54) is 19.0 Å². The highest BCUT2D eigenvalue weighted by Crippen LogP contribution is 2.28. The Morgan fingerprint density at radius 3 is 2.37 bits per heavy atom. The third-order valence-corrected chi connectivity index (χ3v) is 6.16. The second kappa shape index (κ2) is 13.8. The minimum absolute atomic E-state index is 0.0493. The maximum Gasteiger partial charge on any atom is 0.409 e. The molecule has 0 saturated carbocycles. The summed E-state index contributed by atoms with van der Waals surface area (Å²) in [6, 6.07) is 4.87. The minimum Gasteiger partial charge on any atom is -0.479 e. The van der Waals surface area contributed by atoms with Crippen LogP contribution in [0.15, 0.2) is 30.4 Å². The molecule has 4 amide bonds. The number of rotatable bonds is 12. The summed E-state index contributed by atoms with van der Waals surface area (Å²) < 4.78 is 16.0. The summed E-state index contributed by atoms with van der Waals surface area (Å²) in [5.41, 5.74) is 1.05. The standard InChI is InChI=1S/C26H31N3O12/c1-28(2)26(38)39-13-15-7-6-14(5-3-4-10-27-17(30)12-29-18(31)8-9-19(29)32)11-16(15)40-25-22(35)20(33)21(34)23(41-25)24(36)37/h6-9,11,21-23,25,34-35H,3-5,10,12-13H2,1-2H3,(H,27,30)(H,36,37)/t21-,22+,23-,25+/m0/s1. The zero-order valence-corrected chi connectivity index (χ0v) is 22.3. The van der Waals surface area contributed by atoms with E-state index < -0.39 is 60.2 Å². The molecule has 41 heavy (non-hydrogen) atoms. The summed E-state index contributed by atoms with van der Waals surface area (Å²) in [5, 5.41) is 32.0. The largest absolute Gasteiger partial charge is 0.479 e. The number of aryl methyl sites for hydroxylation is 1. The number of hydrogen-bond acceptors (Lipinski definition) is 11. The highest BCUT2D eigenvalue weighted by Gasteiger charge is 2.48. The first kappa shape index (κ1) is 31.2. The molecule has 1 aromatic rings. The molecule has 2 aliphatic heterocycles. The quantitative estimate of drug-likeness (QED) is 0.169. The van der Waals surface area contributed by atoms with Crippen LogP contribution in [0.25, 0.3) is 0 Å². The lowest BCUT2D eigenvalue weighted by atomic mass is 10.0. The number of hydrogen-bond donors (Lipinski definition) is 4. The van der Waals surface area contributed by atoms with Gasteiger partial charge < -0.3 is 39.7 Å². The first-order valence-corrected chi connectivity index (χ1v) is 12.6. The number of benzene rings is 1. The van der Waals surface area contributed by atoms with Gasteiger partial charge in [-0.3, -0.25) is 24.1 Å². The molecule has 0 bridgehead atoms. The van der Waals surface area contributed by atoms with Crippen molar-refractivity contribution in [1.82, 2.24) is 15.1 Å². The number of carboxylic acid groups (broad SMARTS) is 1. The Hall–Kier alpha value is -4.34. The summed E-state index contributed by atoms with van der Waals surface area (Å²) in [4.78, 5) is 72.7. The number of carbonyl (C=O) groups excluding carboxylic acids is 5. The van der Waals surface area contributed by atoms with Gasteiger partial charge in [-0.25, -0.2) is 9.59 Å². The number of aliphatic hydroxyl groups excluding tert-OH is 2. The van der Waals surface area contributed by atoms with Crippen LogP contribution in [0.3, 0.4) is 0 Å². The number of imide groups is 1. The maximum atomic E-state index is 12.2. The van der Waals surface area contributed by atoms with E-state index in [1.54, 1.807) is 18.2 Å². The van der Waals surface area contributed by atoms with Crippen LogP contribution in [0.4, 0.5) is 4.79 Å². The fourth-order valence-electron chi connectivity index (χ4n) is 3.88. The molecule has 1 fully saturated rings. The van der Waals surface area contributed by atoms with E-state index in [1.807, 2.05) is 0 Å². The Bertz CT molecular complexity index is 1210. The first-order valence-electron chi connectivity index (χ1n) is 12.6. The van der Waals surface area contributed by atoms with Crippen molar-refractivity contribution in [2.45, 2.75) is 50.5 Å². The molecule has 4 atom stereocenters. The minimum atomic E-state index is -2.08. The lowest BCUT2D eigenvalue weighted by molar-refractivity contribution is -0.228. The summed E-state index contributed by atoms with van der Waals surface area (Å²) in [7, 11) is 2.98. The number of nitrogens with zero attached hydrogens (tertiary/aromatic N) is 2. The molecule has 0 spiro atoms. The Morgan fingerprint density at radius 2 is 1.73 bits per heavy atom. The molecule has 0 aromatic heterocycles. The highest BCUT2D eigenvalue weighted by molar-refractivity contribution is 6.14. The number of unbranched alkanes of at least 4 members (excludes halogenated alkanes) is 1. The van der Waals surface area contributed by atoms with Crippen molar-refractivity contribution in [3.8, 4) is 5.75 Å². The van der Waals surface area contributed by atoms with E-state index >= 15 is 0 Å². The van der Waals surface area contributed by atoms with Gasteiger partial charge >= 0.3 is 12.1 Å². The predicted octanol–water partition coefficient (Wildman–Crippen LogP) is -1.27. The summed E-state index contributed by atoms with van der Waals surface area (Å²) in [6.07, 6.45) is -4.61. The van der Waals surface area contributed by atoms with Crippen LogP contribution in [-0.2, 0) is 46.5 Å². The Balaban J connectivity index is 1.62. The molecule has 0 aliphatic carbocycles. The van der Waals surface area contributed by atoms with Gasteiger partial charge in [0.1, 0.15) is 18.9 Å². The molecule has 15 nitrogen and oxygen atoms in total. The van der Waals surface area contributed by atoms with Gasteiger partial charge in [0, 0.05) is 38.4 Å². The first-order chi connectivity index (χ1) is 19.4.